The van der Waals surface area contributed by atoms with Gasteiger partial charge in [0, 0.05) is 13.1 Å². The Hall–Kier alpha value is -0.860. The van der Waals surface area contributed by atoms with E-state index >= 15 is 0 Å². The summed E-state index contributed by atoms with van der Waals surface area (Å²) in [6.45, 7) is 3.76. The zero-order chi connectivity index (χ0) is 9.84. The van der Waals surface area contributed by atoms with Crippen molar-refractivity contribution in [2.45, 2.75) is 20.0 Å². The van der Waals surface area contributed by atoms with E-state index in [2.05, 4.69) is 44.1 Å². The van der Waals surface area contributed by atoms with E-state index in [0.29, 0.717) is 6.54 Å². The summed E-state index contributed by atoms with van der Waals surface area (Å²) in [6, 6.07) is 6.43. The van der Waals surface area contributed by atoms with Crippen molar-refractivity contribution in [2.75, 3.05) is 14.1 Å². The number of rotatable bonds is 3. The molecular formula is C11H18N2. The zero-order valence-electron chi connectivity index (χ0n) is 8.67. The predicted molar refractivity (Wildman–Crippen MR) is 56.5 cm³/mol. The van der Waals surface area contributed by atoms with Gasteiger partial charge >= 0.3 is 0 Å². The Balaban J connectivity index is 2.85. The average Bonchev–Trinajstić information content (AvgIpc) is 2.08. The summed E-state index contributed by atoms with van der Waals surface area (Å²) in [5.74, 6) is 0. The largest absolute Gasteiger partial charge is 0.326 e. The van der Waals surface area contributed by atoms with Crippen LogP contribution in [0.15, 0.2) is 18.2 Å². The maximum Gasteiger partial charge on any atom is 0.0230 e. The molecule has 13 heavy (non-hydrogen) atoms. The van der Waals surface area contributed by atoms with E-state index < -0.39 is 0 Å². The summed E-state index contributed by atoms with van der Waals surface area (Å²) in [7, 11) is 4.16. The number of hydrogen-bond acceptors (Lipinski definition) is 2. The molecule has 1 aromatic rings. The minimum Gasteiger partial charge on any atom is -0.326 e. The van der Waals surface area contributed by atoms with Gasteiger partial charge < -0.3 is 10.6 Å². The van der Waals surface area contributed by atoms with Crippen LogP contribution in [0.4, 0.5) is 0 Å². The minimum atomic E-state index is 0.628. The van der Waals surface area contributed by atoms with Crippen LogP contribution in [0.1, 0.15) is 16.7 Å². The van der Waals surface area contributed by atoms with Gasteiger partial charge in [-0.25, -0.2) is 0 Å². The smallest absolute Gasteiger partial charge is 0.0230 e. The van der Waals surface area contributed by atoms with Crippen LogP contribution in [0.3, 0.4) is 0 Å². The highest BCUT2D eigenvalue weighted by molar-refractivity contribution is 5.30. The predicted octanol–water partition coefficient (Wildman–Crippen LogP) is 1.52. The molecule has 0 aliphatic rings. The van der Waals surface area contributed by atoms with Crippen LogP contribution in [0, 0.1) is 6.92 Å². The van der Waals surface area contributed by atoms with Gasteiger partial charge in [0.15, 0.2) is 0 Å². The molecule has 1 rings (SSSR count). The Kier molecular flexibility index (Phi) is 3.46. The summed E-state index contributed by atoms with van der Waals surface area (Å²) in [5, 5.41) is 0. The van der Waals surface area contributed by atoms with Crippen LogP contribution >= 0.6 is 0 Å². The molecule has 0 aromatic heterocycles. The van der Waals surface area contributed by atoms with Crippen molar-refractivity contribution in [3.05, 3.63) is 34.9 Å². The molecule has 2 N–H and O–H groups in total. The van der Waals surface area contributed by atoms with Crippen molar-refractivity contribution in [3.8, 4) is 0 Å². The summed E-state index contributed by atoms with van der Waals surface area (Å²) < 4.78 is 0. The summed E-state index contributed by atoms with van der Waals surface area (Å²) >= 11 is 0. The van der Waals surface area contributed by atoms with Gasteiger partial charge in [0.25, 0.3) is 0 Å². The molecule has 2 heteroatoms. The maximum absolute atomic E-state index is 5.56. The molecule has 0 atom stereocenters. The van der Waals surface area contributed by atoms with Crippen molar-refractivity contribution in [3.63, 3.8) is 0 Å². The van der Waals surface area contributed by atoms with Crippen LogP contribution in [0.2, 0.25) is 0 Å². The van der Waals surface area contributed by atoms with Gasteiger partial charge in [-0.3, -0.25) is 0 Å². The van der Waals surface area contributed by atoms with Crippen LogP contribution in [-0.2, 0) is 13.1 Å². The van der Waals surface area contributed by atoms with Gasteiger partial charge in [0.2, 0.25) is 0 Å². The molecule has 72 valence electrons. The lowest BCUT2D eigenvalue weighted by Crippen LogP contribution is -2.12. The van der Waals surface area contributed by atoms with Gasteiger partial charge in [-0.05, 0) is 37.7 Å². The van der Waals surface area contributed by atoms with E-state index in [1.807, 2.05) is 0 Å². The van der Waals surface area contributed by atoms with Gasteiger partial charge in [-0.1, -0.05) is 18.2 Å². The van der Waals surface area contributed by atoms with Crippen LogP contribution < -0.4 is 5.73 Å². The van der Waals surface area contributed by atoms with E-state index in [1.54, 1.807) is 0 Å². The van der Waals surface area contributed by atoms with Gasteiger partial charge in [0.05, 0.1) is 0 Å². The van der Waals surface area contributed by atoms with Gasteiger partial charge in [-0.2, -0.15) is 0 Å². The highest BCUT2D eigenvalue weighted by atomic mass is 15.0. The number of benzene rings is 1. The first kappa shape index (κ1) is 10.2. The highest BCUT2D eigenvalue weighted by Crippen LogP contribution is 2.11. The molecule has 0 saturated heterocycles. The topological polar surface area (TPSA) is 29.3 Å². The van der Waals surface area contributed by atoms with Crippen LogP contribution in [0.5, 0.6) is 0 Å². The standard InChI is InChI=1S/C11H18N2/c1-9-6-10(7-12)4-5-11(9)8-13(2)3/h4-6H,7-8,12H2,1-3H3. The first-order valence-electron chi connectivity index (χ1n) is 4.56. The monoisotopic (exact) mass is 178 g/mol. The Morgan fingerprint density at radius 1 is 1.31 bits per heavy atom. The van der Waals surface area contributed by atoms with E-state index in [-0.39, 0.29) is 0 Å². The van der Waals surface area contributed by atoms with Crippen LogP contribution in [-0.4, -0.2) is 19.0 Å². The molecule has 0 aliphatic carbocycles. The summed E-state index contributed by atoms with van der Waals surface area (Å²) in [6.07, 6.45) is 0. The third kappa shape index (κ3) is 2.83. The first-order chi connectivity index (χ1) is 6.13. The second-order valence-electron chi connectivity index (χ2n) is 3.70. The van der Waals surface area contributed by atoms with E-state index in [9.17, 15) is 0 Å². The van der Waals surface area contributed by atoms with E-state index in [4.69, 9.17) is 5.73 Å². The third-order valence-electron chi connectivity index (χ3n) is 2.13. The molecule has 0 fully saturated rings. The molecule has 0 amide bonds. The zero-order valence-corrected chi connectivity index (χ0v) is 8.67. The Morgan fingerprint density at radius 2 is 2.00 bits per heavy atom. The van der Waals surface area contributed by atoms with E-state index in [0.717, 1.165) is 6.54 Å². The van der Waals surface area contributed by atoms with E-state index in [1.165, 1.54) is 16.7 Å². The third-order valence-corrected chi connectivity index (χ3v) is 2.13. The number of nitrogens with zero attached hydrogens (tertiary/aromatic N) is 1. The molecule has 0 bridgehead atoms. The molecule has 1 aromatic carbocycles. The maximum atomic E-state index is 5.56. The number of aryl methyl sites for hydroxylation is 1. The normalized spacial score (nSPS) is 10.8. The van der Waals surface area contributed by atoms with Crippen LogP contribution in [0.25, 0.3) is 0 Å². The molecular weight excluding hydrogens is 160 g/mol. The molecule has 0 heterocycles. The number of nitrogens with two attached hydrogens (primary N) is 1. The fourth-order valence-electron chi connectivity index (χ4n) is 1.40. The average molecular weight is 178 g/mol. The Morgan fingerprint density at radius 3 is 2.46 bits per heavy atom. The molecule has 2 nitrogen and oxygen atoms in total. The fraction of sp³-hybridized carbons (Fsp3) is 0.455. The van der Waals surface area contributed by atoms with Crippen molar-refractivity contribution in [1.29, 1.82) is 0 Å². The fourth-order valence-corrected chi connectivity index (χ4v) is 1.40. The minimum absolute atomic E-state index is 0.628. The van der Waals surface area contributed by atoms with Crippen molar-refractivity contribution < 1.29 is 0 Å². The van der Waals surface area contributed by atoms with Gasteiger partial charge in [-0.15, -0.1) is 0 Å². The van der Waals surface area contributed by atoms with Gasteiger partial charge in [0.1, 0.15) is 0 Å². The molecule has 0 spiro atoms. The van der Waals surface area contributed by atoms with Crippen molar-refractivity contribution in [2.24, 2.45) is 5.73 Å². The Bertz CT molecular complexity index is 279. The molecule has 0 unspecified atom stereocenters. The Labute approximate surface area is 80.4 Å². The second kappa shape index (κ2) is 4.40. The highest BCUT2D eigenvalue weighted by Gasteiger charge is 2.00. The van der Waals surface area contributed by atoms with Crippen molar-refractivity contribution in [1.82, 2.24) is 4.90 Å². The first-order valence-corrected chi connectivity index (χ1v) is 4.56. The summed E-state index contributed by atoms with van der Waals surface area (Å²) in [5.41, 5.74) is 9.48. The quantitative estimate of drug-likeness (QED) is 0.760. The second-order valence-corrected chi connectivity index (χ2v) is 3.70. The molecule has 0 aliphatic heterocycles. The molecule has 0 radical (unpaired) electrons. The van der Waals surface area contributed by atoms with Crippen molar-refractivity contribution >= 4 is 0 Å². The lowest BCUT2D eigenvalue weighted by Gasteiger charge is -2.12. The summed E-state index contributed by atoms with van der Waals surface area (Å²) in [4.78, 5) is 2.17. The number of hydrogen-bond donors (Lipinski definition) is 1. The lowest BCUT2D eigenvalue weighted by atomic mass is 10.0. The SMILES string of the molecule is Cc1cc(CN)ccc1CN(C)C. The lowest BCUT2D eigenvalue weighted by molar-refractivity contribution is 0.401. The molecule has 0 saturated carbocycles.